The molecule has 0 heterocycles. The zero-order valence-electron chi connectivity index (χ0n) is 10.1. The Bertz CT molecular complexity index is 765. The van der Waals surface area contributed by atoms with Crippen LogP contribution in [0.5, 0.6) is 0 Å². The van der Waals surface area contributed by atoms with Crippen molar-refractivity contribution in [2.45, 2.75) is 4.90 Å². The smallest absolute Gasteiger partial charge is 0.238 e. The molecule has 0 atom stereocenters. The van der Waals surface area contributed by atoms with E-state index in [4.69, 9.17) is 10.9 Å². The number of hydrogen-bond acceptors (Lipinski definition) is 4. The minimum Gasteiger partial charge on any atom is -0.397 e. The largest absolute Gasteiger partial charge is 0.397 e. The van der Waals surface area contributed by atoms with Gasteiger partial charge in [-0.05, 0) is 52.3 Å². The van der Waals surface area contributed by atoms with Gasteiger partial charge in [-0.25, -0.2) is 17.9 Å². The first-order valence-electron chi connectivity index (χ1n) is 5.42. The Labute approximate surface area is 124 Å². The number of nitrogens with two attached hydrogens (primary N) is 2. The van der Waals surface area contributed by atoms with Gasteiger partial charge in [0.15, 0.2) is 0 Å². The van der Waals surface area contributed by atoms with Gasteiger partial charge in [-0.2, -0.15) is 0 Å². The van der Waals surface area contributed by atoms with E-state index in [1.165, 1.54) is 36.4 Å². The van der Waals surface area contributed by atoms with Crippen molar-refractivity contribution in [3.63, 3.8) is 0 Å². The van der Waals surface area contributed by atoms with Crippen LogP contribution in [0.15, 0.2) is 45.8 Å². The van der Waals surface area contributed by atoms with Gasteiger partial charge in [0.25, 0.3) is 0 Å². The SMILES string of the molecule is Nc1cc(S(N)(=O)=O)ccc1Nc1ccc(F)cc1Br. The fourth-order valence-corrected chi connectivity index (χ4v) is 2.57. The van der Waals surface area contributed by atoms with E-state index in [2.05, 4.69) is 21.2 Å². The first-order valence-corrected chi connectivity index (χ1v) is 7.76. The summed E-state index contributed by atoms with van der Waals surface area (Å²) in [5.41, 5.74) is 7.08. The molecule has 0 fully saturated rings. The number of primary sulfonamides is 1. The van der Waals surface area contributed by atoms with E-state index in [1.54, 1.807) is 0 Å². The lowest BCUT2D eigenvalue weighted by molar-refractivity contribution is 0.598. The molecular weight excluding hydrogens is 349 g/mol. The molecule has 0 saturated carbocycles. The Kier molecular flexibility index (Phi) is 3.98. The molecule has 0 saturated heterocycles. The molecule has 2 rings (SSSR count). The van der Waals surface area contributed by atoms with Crippen molar-refractivity contribution in [2.24, 2.45) is 5.14 Å². The van der Waals surface area contributed by atoms with Crippen LogP contribution in [0.25, 0.3) is 0 Å². The average Bonchev–Trinajstić information content (AvgIpc) is 2.33. The van der Waals surface area contributed by atoms with E-state index >= 15 is 0 Å². The van der Waals surface area contributed by atoms with Gasteiger partial charge in [0.05, 0.1) is 22.0 Å². The second-order valence-electron chi connectivity index (χ2n) is 4.04. The zero-order valence-corrected chi connectivity index (χ0v) is 12.5. The van der Waals surface area contributed by atoms with Crippen LogP contribution in [0, 0.1) is 5.82 Å². The van der Waals surface area contributed by atoms with Gasteiger partial charge in [0, 0.05) is 4.47 Å². The summed E-state index contributed by atoms with van der Waals surface area (Å²) in [7, 11) is -3.80. The van der Waals surface area contributed by atoms with E-state index in [-0.39, 0.29) is 16.4 Å². The molecule has 2 aromatic carbocycles. The Morgan fingerprint density at radius 1 is 1.10 bits per heavy atom. The molecule has 0 spiro atoms. The summed E-state index contributed by atoms with van der Waals surface area (Å²) in [6, 6.07) is 8.22. The second kappa shape index (κ2) is 5.39. The third-order valence-corrected chi connectivity index (χ3v) is 4.12. The Morgan fingerprint density at radius 2 is 1.75 bits per heavy atom. The molecule has 5 N–H and O–H groups in total. The van der Waals surface area contributed by atoms with Crippen molar-refractivity contribution in [1.82, 2.24) is 0 Å². The quantitative estimate of drug-likeness (QED) is 0.733. The maximum absolute atomic E-state index is 13.0. The summed E-state index contributed by atoms with van der Waals surface area (Å²) >= 11 is 3.22. The first-order chi connectivity index (χ1) is 9.27. The lowest BCUT2D eigenvalue weighted by atomic mass is 10.2. The van der Waals surface area contributed by atoms with Gasteiger partial charge in [-0.1, -0.05) is 0 Å². The molecule has 8 heteroatoms. The van der Waals surface area contributed by atoms with Crippen LogP contribution in [-0.4, -0.2) is 8.42 Å². The molecule has 0 aromatic heterocycles. The van der Waals surface area contributed by atoms with Crippen LogP contribution >= 0.6 is 15.9 Å². The molecule has 0 amide bonds. The molecule has 20 heavy (non-hydrogen) atoms. The van der Waals surface area contributed by atoms with Crippen LogP contribution in [0.4, 0.5) is 21.5 Å². The van der Waals surface area contributed by atoms with Crippen molar-refractivity contribution >= 4 is 43.0 Å². The van der Waals surface area contributed by atoms with Gasteiger partial charge in [-0.3, -0.25) is 0 Å². The molecule has 0 unspecified atom stereocenters. The molecule has 0 aliphatic heterocycles. The summed E-state index contributed by atoms with van der Waals surface area (Å²) in [6.45, 7) is 0. The average molecular weight is 360 g/mol. The second-order valence-corrected chi connectivity index (χ2v) is 6.46. The summed E-state index contributed by atoms with van der Waals surface area (Å²) < 4.78 is 35.9. The normalized spacial score (nSPS) is 11.3. The van der Waals surface area contributed by atoms with Gasteiger partial charge in [0.2, 0.25) is 10.0 Å². The van der Waals surface area contributed by atoms with Crippen molar-refractivity contribution in [3.05, 3.63) is 46.7 Å². The Hall–Kier alpha value is -1.64. The predicted octanol–water partition coefficient (Wildman–Crippen LogP) is 2.56. The highest BCUT2D eigenvalue weighted by molar-refractivity contribution is 9.10. The van der Waals surface area contributed by atoms with Crippen molar-refractivity contribution in [2.75, 3.05) is 11.1 Å². The lowest BCUT2D eigenvalue weighted by Gasteiger charge is -2.12. The maximum Gasteiger partial charge on any atom is 0.238 e. The Morgan fingerprint density at radius 3 is 2.30 bits per heavy atom. The number of nitrogen functional groups attached to an aromatic ring is 1. The summed E-state index contributed by atoms with van der Waals surface area (Å²) in [6.07, 6.45) is 0. The van der Waals surface area contributed by atoms with E-state index in [0.717, 1.165) is 0 Å². The predicted molar refractivity (Wildman–Crippen MR) is 79.6 cm³/mol. The van der Waals surface area contributed by atoms with E-state index < -0.39 is 10.0 Å². The number of anilines is 3. The monoisotopic (exact) mass is 359 g/mol. The summed E-state index contributed by atoms with van der Waals surface area (Å²) in [5, 5.41) is 7.99. The Balaban J connectivity index is 2.35. The third-order valence-electron chi connectivity index (χ3n) is 2.55. The fourth-order valence-electron chi connectivity index (χ4n) is 1.57. The van der Waals surface area contributed by atoms with Crippen molar-refractivity contribution in [3.8, 4) is 0 Å². The topological polar surface area (TPSA) is 98.2 Å². The zero-order chi connectivity index (χ0) is 14.9. The van der Waals surface area contributed by atoms with Crippen molar-refractivity contribution in [1.29, 1.82) is 0 Å². The molecule has 0 bridgehead atoms. The highest BCUT2D eigenvalue weighted by atomic mass is 79.9. The molecule has 0 aliphatic rings. The molecule has 0 aliphatic carbocycles. The molecular formula is C12H11BrFN3O2S. The number of benzene rings is 2. The highest BCUT2D eigenvalue weighted by Gasteiger charge is 2.11. The van der Waals surface area contributed by atoms with Gasteiger partial charge >= 0.3 is 0 Å². The summed E-state index contributed by atoms with van der Waals surface area (Å²) in [5.74, 6) is -0.375. The van der Waals surface area contributed by atoms with Crippen molar-refractivity contribution < 1.29 is 12.8 Å². The summed E-state index contributed by atoms with van der Waals surface area (Å²) in [4.78, 5) is -0.0706. The molecule has 2 aromatic rings. The molecule has 5 nitrogen and oxygen atoms in total. The molecule has 106 valence electrons. The van der Waals surface area contributed by atoms with Gasteiger partial charge in [0.1, 0.15) is 5.82 Å². The van der Waals surface area contributed by atoms with Crippen LogP contribution in [0.2, 0.25) is 0 Å². The number of hydrogen-bond donors (Lipinski definition) is 3. The van der Waals surface area contributed by atoms with Gasteiger partial charge < -0.3 is 11.1 Å². The van der Waals surface area contributed by atoms with E-state index in [1.807, 2.05) is 0 Å². The van der Waals surface area contributed by atoms with Crippen LogP contribution in [0.3, 0.4) is 0 Å². The number of halogens is 2. The van der Waals surface area contributed by atoms with Crippen LogP contribution in [0.1, 0.15) is 0 Å². The third kappa shape index (κ3) is 3.27. The fraction of sp³-hybridized carbons (Fsp3) is 0. The first kappa shape index (κ1) is 14.8. The van der Waals surface area contributed by atoms with Gasteiger partial charge in [-0.15, -0.1) is 0 Å². The lowest BCUT2D eigenvalue weighted by Crippen LogP contribution is -2.12. The maximum atomic E-state index is 13.0. The van der Waals surface area contributed by atoms with E-state index in [9.17, 15) is 12.8 Å². The minimum absolute atomic E-state index is 0.0706. The standard InChI is InChI=1S/C12H11BrFN3O2S/c13-9-5-7(14)1-3-11(9)17-12-4-2-8(6-10(12)15)20(16,18)19/h1-6,17H,15H2,(H2,16,18,19). The minimum atomic E-state index is -3.80. The molecule has 0 radical (unpaired) electrons. The van der Waals surface area contributed by atoms with Crippen LogP contribution < -0.4 is 16.2 Å². The number of rotatable bonds is 3. The van der Waals surface area contributed by atoms with Crippen LogP contribution in [-0.2, 0) is 10.0 Å². The number of nitrogens with one attached hydrogen (secondary N) is 1. The number of sulfonamides is 1. The highest BCUT2D eigenvalue weighted by Crippen LogP contribution is 2.30. The van der Waals surface area contributed by atoms with E-state index in [0.29, 0.717) is 15.8 Å².